The van der Waals surface area contributed by atoms with Crippen LogP contribution in [0.1, 0.15) is 45.5 Å². The van der Waals surface area contributed by atoms with E-state index >= 15 is 0 Å². The molecule has 3 aromatic rings. The van der Waals surface area contributed by atoms with Gasteiger partial charge in [-0.1, -0.05) is 18.2 Å². The lowest BCUT2D eigenvalue weighted by Gasteiger charge is -2.27. The number of likely N-dealkylation sites (tertiary alicyclic amines) is 1. The van der Waals surface area contributed by atoms with Crippen molar-refractivity contribution in [3.8, 4) is 0 Å². The Labute approximate surface area is 174 Å². The Kier molecular flexibility index (Phi) is 5.40. The number of piperidine rings is 1. The number of nitrogens with one attached hydrogen (secondary N) is 1. The molecule has 3 N–H and O–H groups in total. The molecule has 2 amide bonds. The summed E-state index contributed by atoms with van der Waals surface area (Å²) in [6, 6.07) is 13.5. The van der Waals surface area contributed by atoms with Crippen LogP contribution in [0.4, 0.5) is 15.8 Å². The molecule has 1 aliphatic rings. The number of halogens is 1. The van der Waals surface area contributed by atoms with Gasteiger partial charge in [-0.05, 0) is 62.1 Å². The maximum absolute atomic E-state index is 14.9. The van der Waals surface area contributed by atoms with Gasteiger partial charge >= 0.3 is 0 Å². The summed E-state index contributed by atoms with van der Waals surface area (Å²) in [5, 5.41) is 4.20. The van der Waals surface area contributed by atoms with Crippen molar-refractivity contribution < 1.29 is 14.0 Å². The predicted molar refractivity (Wildman–Crippen MR) is 117 cm³/mol. The van der Waals surface area contributed by atoms with Gasteiger partial charge in [-0.2, -0.15) is 0 Å². The van der Waals surface area contributed by atoms with Gasteiger partial charge in [0.2, 0.25) is 5.91 Å². The fourth-order valence-electron chi connectivity index (χ4n) is 4.10. The van der Waals surface area contributed by atoms with Crippen LogP contribution >= 0.6 is 0 Å². The van der Waals surface area contributed by atoms with Gasteiger partial charge in [0.05, 0.1) is 5.56 Å². The zero-order chi connectivity index (χ0) is 21.3. The number of fused-ring (bicyclic) bond motifs is 1. The van der Waals surface area contributed by atoms with E-state index in [1.54, 1.807) is 48.2 Å². The Hall–Kier alpha value is -3.41. The molecule has 30 heavy (non-hydrogen) atoms. The van der Waals surface area contributed by atoms with E-state index < -0.39 is 11.7 Å². The van der Waals surface area contributed by atoms with Crippen molar-refractivity contribution in [3.63, 3.8) is 0 Å². The molecule has 4 rings (SSSR count). The molecule has 0 unspecified atom stereocenters. The number of benzene rings is 3. The van der Waals surface area contributed by atoms with Crippen LogP contribution in [-0.2, 0) is 0 Å². The summed E-state index contributed by atoms with van der Waals surface area (Å²) in [4.78, 5) is 26.6. The zero-order valence-corrected chi connectivity index (χ0v) is 16.9. The van der Waals surface area contributed by atoms with E-state index in [-0.39, 0.29) is 5.91 Å². The van der Waals surface area contributed by atoms with Crippen LogP contribution in [0, 0.1) is 12.7 Å². The summed E-state index contributed by atoms with van der Waals surface area (Å²) in [6.45, 7) is 3.21. The molecular formula is C24H24FN3O2. The second kappa shape index (κ2) is 8.14. The average molecular weight is 405 g/mol. The highest BCUT2D eigenvalue weighted by molar-refractivity contribution is 6.11. The summed E-state index contributed by atoms with van der Waals surface area (Å²) in [5.74, 6) is -1.07. The van der Waals surface area contributed by atoms with Crippen LogP contribution in [0.3, 0.4) is 0 Å². The van der Waals surface area contributed by atoms with Crippen LogP contribution in [0.5, 0.6) is 0 Å². The van der Waals surface area contributed by atoms with E-state index in [4.69, 9.17) is 5.73 Å². The lowest BCUT2D eigenvalue weighted by molar-refractivity contribution is 0.0726. The fraction of sp³-hybridized carbons (Fsp3) is 0.250. The molecule has 0 spiro atoms. The largest absolute Gasteiger partial charge is 0.366 e. The molecule has 5 nitrogen and oxygen atoms in total. The maximum Gasteiger partial charge on any atom is 0.254 e. The first kappa shape index (κ1) is 19.9. The Bertz CT molecular complexity index is 1140. The minimum absolute atomic E-state index is 0.136. The zero-order valence-electron chi connectivity index (χ0n) is 16.9. The number of nitrogens with zero attached hydrogens (tertiary/aromatic N) is 1. The Morgan fingerprint density at radius 1 is 0.933 bits per heavy atom. The minimum Gasteiger partial charge on any atom is -0.366 e. The first-order chi connectivity index (χ1) is 14.5. The number of nitrogens with two attached hydrogens (primary N) is 1. The quantitative estimate of drug-likeness (QED) is 0.657. The highest BCUT2D eigenvalue weighted by Gasteiger charge is 2.22. The summed E-state index contributed by atoms with van der Waals surface area (Å²) in [7, 11) is 0. The number of carbonyl (C=O) groups is 2. The van der Waals surface area contributed by atoms with Gasteiger partial charge in [0.25, 0.3) is 5.91 Å². The van der Waals surface area contributed by atoms with E-state index in [1.807, 2.05) is 6.07 Å². The molecule has 1 heterocycles. The molecule has 6 heteroatoms. The number of hydrogen-bond donors (Lipinski definition) is 2. The monoisotopic (exact) mass is 405 g/mol. The normalized spacial score (nSPS) is 14.0. The molecule has 1 saturated heterocycles. The molecule has 154 valence electrons. The third-order valence-corrected chi connectivity index (χ3v) is 5.73. The van der Waals surface area contributed by atoms with Crippen molar-refractivity contribution >= 4 is 34.0 Å². The average Bonchev–Trinajstić information content (AvgIpc) is 2.75. The molecular weight excluding hydrogens is 381 g/mol. The van der Waals surface area contributed by atoms with Gasteiger partial charge in [-0.3, -0.25) is 9.59 Å². The predicted octanol–water partition coefficient (Wildman–Crippen LogP) is 4.76. The molecule has 0 radical (unpaired) electrons. The summed E-state index contributed by atoms with van der Waals surface area (Å²) in [5.41, 5.74) is 8.32. The highest BCUT2D eigenvalue weighted by atomic mass is 19.1. The number of carbonyl (C=O) groups excluding carboxylic acids is 2. The maximum atomic E-state index is 14.9. The Morgan fingerprint density at radius 2 is 1.67 bits per heavy atom. The summed E-state index contributed by atoms with van der Waals surface area (Å²) in [6.07, 6.45) is 3.06. The van der Waals surface area contributed by atoms with Crippen LogP contribution in [0.2, 0.25) is 0 Å². The van der Waals surface area contributed by atoms with Crippen molar-refractivity contribution in [1.29, 1.82) is 0 Å². The van der Waals surface area contributed by atoms with E-state index in [2.05, 4.69) is 5.32 Å². The second-order valence-corrected chi connectivity index (χ2v) is 7.64. The van der Waals surface area contributed by atoms with Crippen molar-refractivity contribution in [3.05, 3.63) is 71.0 Å². The van der Waals surface area contributed by atoms with E-state index in [0.29, 0.717) is 51.9 Å². The fourth-order valence-corrected chi connectivity index (χ4v) is 4.10. The van der Waals surface area contributed by atoms with E-state index in [0.717, 1.165) is 19.3 Å². The van der Waals surface area contributed by atoms with Gasteiger partial charge in [0.1, 0.15) is 5.82 Å². The minimum atomic E-state index is -0.505. The molecule has 0 aliphatic carbocycles. The Balaban J connectivity index is 1.78. The summed E-state index contributed by atoms with van der Waals surface area (Å²) < 4.78 is 14.9. The first-order valence-corrected chi connectivity index (χ1v) is 10.1. The van der Waals surface area contributed by atoms with Crippen LogP contribution in [-0.4, -0.2) is 29.8 Å². The molecule has 0 atom stereocenters. The molecule has 0 saturated carbocycles. The van der Waals surface area contributed by atoms with Gasteiger partial charge in [-0.25, -0.2) is 4.39 Å². The highest BCUT2D eigenvalue weighted by Crippen LogP contribution is 2.33. The number of primary amides is 1. The van der Waals surface area contributed by atoms with Crippen molar-refractivity contribution in [2.45, 2.75) is 26.2 Å². The molecule has 3 aromatic carbocycles. The van der Waals surface area contributed by atoms with E-state index in [1.165, 1.54) is 6.07 Å². The third-order valence-electron chi connectivity index (χ3n) is 5.73. The number of hydrogen-bond acceptors (Lipinski definition) is 3. The summed E-state index contributed by atoms with van der Waals surface area (Å²) >= 11 is 0. The van der Waals surface area contributed by atoms with Gasteiger partial charge in [0, 0.05) is 40.8 Å². The SMILES string of the molecule is Cc1c(Nc2ccc(C(=O)N3CCCCC3)c3c(F)cccc23)cccc1C(N)=O. The van der Waals surface area contributed by atoms with Gasteiger partial charge < -0.3 is 16.0 Å². The number of anilines is 2. The van der Waals surface area contributed by atoms with Gasteiger partial charge in [-0.15, -0.1) is 0 Å². The number of rotatable bonds is 4. The first-order valence-electron chi connectivity index (χ1n) is 10.1. The van der Waals surface area contributed by atoms with E-state index in [9.17, 15) is 14.0 Å². The van der Waals surface area contributed by atoms with Crippen LogP contribution in [0.25, 0.3) is 10.8 Å². The topological polar surface area (TPSA) is 75.4 Å². The van der Waals surface area contributed by atoms with Crippen molar-refractivity contribution in [2.24, 2.45) is 5.73 Å². The molecule has 0 aromatic heterocycles. The lowest BCUT2D eigenvalue weighted by Crippen LogP contribution is -2.35. The molecule has 1 fully saturated rings. The smallest absolute Gasteiger partial charge is 0.254 e. The van der Waals surface area contributed by atoms with Crippen molar-refractivity contribution in [2.75, 3.05) is 18.4 Å². The molecule has 0 bridgehead atoms. The van der Waals surface area contributed by atoms with Crippen LogP contribution in [0.15, 0.2) is 48.5 Å². The Morgan fingerprint density at radius 3 is 2.40 bits per heavy atom. The van der Waals surface area contributed by atoms with Crippen molar-refractivity contribution in [1.82, 2.24) is 4.90 Å². The second-order valence-electron chi connectivity index (χ2n) is 7.64. The third kappa shape index (κ3) is 3.61. The number of amides is 2. The van der Waals surface area contributed by atoms with Gasteiger partial charge in [0.15, 0.2) is 0 Å². The lowest BCUT2D eigenvalue weighted by atomic mass is 9.99. The standard InChI is InChI=1S/C24H24FN3O2/c1-15-16(23(26)29)7-6-10-20(15)27-21-12-11-18(22-17(21)8-5-9-19(22)25)24(30)28-13-3-2-4-14-28/h5-12,27H,2-4,13-14H2,1H3,(H2,26,29). The van der Waals surface area contributed by atoms with Crippen LogP contribution < -0.4 is 11.1 Å². The molecule has 1 aliphatic heterocycles.